The summed E-state index contributed by atoms with van der Waals surface area (Å²) in [6.07, 6.45) is 1.99. The first-order chi connectivity index (χ1) is 19.2. The van der Waals surface area contributed by atoms with E-state index < -0.39 is 17.4 Å². The predicted octanol–water partition coefficient (Wildman–Crippen LogP) is 4.27. The Bertz CT molecular complexity index is 1230. The number of halogens is 2. The molecule has 40 heavy (non-hydrogen) atoms. The van der Waals surface area contributed by atoms with Gasteiger partial charge in [0.2, 0.25) is 5.91 Å². The average Bonchev–Trinajstić information content (AvgIpc) is 3.39. The van der Waals surface area contributed by atoms with E-state index >= 15 is 0 Å². The minimum absolute atomic E-state index is 0.00998. The molecule has 2 aromatic carbocycles. The van der Waals surface area contributed by atoms with E-state index in [0.29, 0.717) is 37.5 Å². The number of rotatable bonds is 7. The van der Waals surface area contributed by atoms with Crippen LogP contribution in [0.5, 0.6) is 5.75 Å². The number of hydrogen-bond acceptors (Lipinski definition) is 6. The highest BCUT2D eigenvalue weighted by Crippen LogP contribution is 2.41. The summed E-state index contributed by atoms with van der Waals surface area (Å²) in [5.74, 6) is -0.848. The number of benzene rings is 2. The van der Waals surface area contributed by atoms with Gasteiger partial charge in [0.1, 0.15) is 17.1 Å². The highest BCUT2D eigenvalue weighted by atomic mass is 35.5. The first-order valence-corrected chi connectivity index (χ1v) is 14.1. The van der Waals surface area contributed by atoms with Crippen LogP contribution in [0.15, 0.2) is 48.5 Å². The van der Waals surface area contributed by atoms with Crippen molar-refractivity contribution in [3.8, 4) is 5.75 Å². The number of amides is 2. The van der Waals surface area contributed by atoms with Gasteiger partial charge in [-0.1, -0.05) is 23.7 Å². The molecule has 10 heteroatoms. The SMILES string of the molecule is COC1CC(C(=O)N2CCC(C(=O)[C@@]3(N(C)C(=O)Oc4ccc(F)cc4)CNC[C@H]3c3ccc(Cl)cc3)CC2)C1. The Morgan fingerprint density at radius 3 is 2.30 bits per heavy atom. The minimum atomic E-state index is -1.22. The van der Waals surface area contributed by atoms with Crippen molar-refractivity contribution < 1.29 is 28.2 Å². The molecule has 1 saturated carbocycles. The number of nitrogens with zero attached hydrogens (tertiary/aromatic N) is 2. The molecule has 2 aromatic rings. The van der Waals surface area contributed by atoms with E-state index in [-0.39, 0.29) is 47.8 Å². The zero-order valence-corrected chi connectivity index (χ0v) is 23.5. The van der Waals surface area contributed by atoms with Gasteiger partial charge in [0, 0.05) is 63.1 Å². The maximum atomic E-state index is 14.5. The van der Waals surface area contributed by atoms with Crippen molar-refractivity contribution in [1.29, 1.82) is 0 Å². The molecule has 0 aromatic heterocycles. The first-order valence-electron chi connectivity index (χ1n) is 13.8. The molecule has 0 spiro atoms. The Morgan fingerprint density at radius 2 is 1.68 bits per heavy atom. The number of hydrogen-bond donors (Lipinski definition) is 1. The molecule has 3 fully saturated rings. The number of carbonyl (C=O) groups excluding carboxylic acids is 3. The number of nitrogens with one attached hydrogen (secondary N) is 1. The Morgan fingerprint density at radius 1 is 1.02 bits per heavy atom. The number of ether oxygens (including phenoxy) is 2. The molecule has 2 aliphatic heterocycles. The van der Waals surface area contributed by atoms with Gasteiger partial charge in [0.15, 0.2) is 5.78 Å². The summed E-state index contributed by atoms with van der Waals surface area (Å²) in [7, 11) is 3.25. The molecular weight excluding hydrogens is 537 g/mol. The van der Waals surface area contributed by atoms with Crippen molar-refractivity contribution in [1.82, 2.24) is 15.1 Å². The van der Waals surface area contributed by atoms with Crippen molar-refractivity contribution in [2.45, 2.75) is 43.2 Å². The van der Waals surface area contributed by atoms with E-state index in [1.807, 2.05) is 17.0 Å². The number of carbonyl (C=O) groups is 3. The average molecular weight is 572 g/mol. The van der Waals surface area contributed by atoms with Crippen LogP contribution in [-0.4, -0.2) is 79.6 Å². The smallest absolute Gasteiger partial charge is 0.410 e. The molecule has 2 atom stereocenters. The van der Waals surface area contributed by atoms with Crippen molar-refractivity contribution in [3.05, 3.63) is 64.9 Å². The number of piperidine rings is 1. The molecule has 2 heterocycles. The number of ketones is 1. The van der Waals surface area contributed by atoms with Crippen LogP contribution in [0, 0.1) is 17.7 Å². The van der Waals surface area contributed by atoms with Crippen molar-refractivity contribution in [2.75, 3.05) is 40.3 Å². The lowest BCUT2D eigenvalue weighted by Gasteiger charge is -2.44. The van der Waals surface area contributed by atoms with Crippen LogP contribution in [0.4, 0.5) is 9.18 Å². The van der Waals surface area contributed by atoms with Crippen LogP contribution in [0.2, 0.25) is 5.02 Å². The van der Waals surface area contributed by atoms with E-state index in [1.165, 1.54) is 29.2 Å². The molecule has 214 valence electrons. The van der Waals surface area contributed by atoms with Crippen LogP contribution in [0.1, 0.15) is 37.2 Å². The van der Waals surface area contributed by atoms with Gasteiger partial charge in [0.25, 0.3) is 0 Å². The Balaban J connectivity index is 1.37. The molecule has 8 nitrogen and oxygen atoms in total. The lowest BCUT2D eigenvalue weighted by molar-refractivity contribution is -0.147. The first kappa shape index (κ1) is 28.5. The molecule has 1 N–H and O–H groups in total. The molecule has 2 amide bonds. The molecule has 0 bridgehead atoms. The summed E-state index contributed by atoms with van der Waals surface area (Å²) in [6.45, 7) is 1.75. The van der Waals surface area contributed by atoms with Crippen LogP contribution in [0.25, 0.3) is 0 Å². The quantitative estimate of drug-likeness (QED) is 0.534. The fourth-order valence-corrected chi connectivity index (χ4v) is 6.46. The topological polar surface area (TPSA) is 88.2 Å². The summed E-state index contributed by atoms with van der Waals surface area (Å²) in [5, 5.41) is 3.92. The monoisotopic (exact) mass is 571 g/mol. The maximum absolute atomic E-state index is 14.5. The predicted molar refractivity (Wildman–Crippen MR) is 148 cm³/mol. The second-order valence-corrected chi connectivity index (χ2v) is 11.5. The lowest BCUT2D eigenvalue weighted by Crippen LogP contribution is -2.62. The van der Waals surface area contributed by atoms with E-state index in [9.17, 15) is 18.8 Å². The van der Waals surface area contributed by atoms with Gasteiger partial charge in [-0.3, -0.25) is 14.5 Å². The largest absolute Gasteiger partial charge is 0.415 e. The third kappa shape index (κ3) is 5.47. The Labute approximate surface area is 238 Å². The molecule has 2 saturated heterocycles. The van der Waals surface area contributed by atoms with Crippen LogP contribution >= 0.6 is 11.6 Å². The lowest BCUT2D eigenvalue weighted by atomic mass is 9.72. The summed E-state index contributed by atoms with van der Waals surface area (Å²) in [5.41, 5.74) is -0.337. The summed E-state index contributed by atoms with van der Waals surface area (Å²) < 4.78 is 24.3. The van der Waals surface area contributed by atoms with E-state index in [4.69, 9.17) is 21.1 Å². The van der Waals surface area contributed by atoms with Crippen molar-refractivity contribution in [2.24, 2.45) is 11.8 Å². The van der Waals surface area contributed by atoms with E-state index in [2.05, 4.69) is 5.32 Å². The number of likely N-dealkylation sites (N-methyl/N-ethyl adjacent to an activating group) is 1. The standard InChI is InChI=1S/C30H35ClFN3O5/c1-34(29(38)40-24-9-7-23(32)8-10-24)30(18-33-17-26(30)19-3-5-22(31)6-4-19)27(36)20-11-13-35(14-12-20)28(37)21-15-25(16-21)39-2/h3-10,20-21,25-26,33H,11-18H2,1-2H3/t21?,25?,26-,30+/m0/s1. The molecule has 0 unspecified atom stereocenters. The summed E-state index contributed by atoms with van der Waals surface area (Å²) in [6, 6.07) is 12.5. The second kappa shape index (κ2) is 11.8. The van der Waals surface area contributed by atoms with Gasteiger partial charge < -0.3 is 19.7 Å². The van der Waals surface area contributed by atoms with Crippen LogP contribution < -0.4 is 10.1 Å². The summed E-state index contributed by atoms with van der Waals surface area (Å²) >= 11 is 6.15. The third-order valence-corrected chi connectivity index (χ3v) is 9.12. The number of likely N-dealkylation sites (tertiary alicyclic amines) is 1. The van der Waals surface area contributed by atoms with Gasteiger partial charge in [-0.15, -0.1) is 0 Å². The van der Waals surface area contributed by atoms with Gasteiger partial charge in [0.05, 0.1) is 6.10 Å². The molecule has 3 aliphatic rings. The number of Topliss-reactive ketones (excluding diaryl/α,β-unsaturated/α-hetero) is 1. The van der Waals surface area contributed by atoms with Gasteiger partial charge in [-0.2, -0.15) is 0 Å². The number of methoxy groups -OCH3 is 1. The molecular formula is C30H35ClFN3O5. The van der Waals surface area contributed by atoms with Gasteiger partial charge in [-0.25, -0.2) is 9.18 Å². The van der Waals surface area contributed by atoms with Crippen molar-refractivity contribution >= 4 is 29.4 Å². The van der Waals surface area contributed by atoms with Gasteiger partial charge >= 0.3 is 6.09 Å². The zero-order valence-electron chi connectivity index (χ0n) is 22.8. The molecule has 1 aliphatic carbocycles. The maximum Gasteiger partial charge on any atom is 0.415 e. The molecule has 0 radical (unpaired) electrons. The van der Waals surface area contributed by atoms with Crippen molar-refractivity contribution in [3.63, 3.8) is 0 Å². The minimum Gasteiger partial charge on any atom is -0.410 e. The highest BCUT2D eigenvalue weighted by molar-refractivity contribution is 6.30. The molecule has 5 rings (SSSR count). The normalized spacial score (nSPS) is 26.7. The van der Waals surface area contributed by atoms with Gasteiger partial charge in [-0.05, 0) is 67.6 Å². The Hall–Kier alpha value is -3.01. The third-order valence-electron chi connectivity index (χ3n) is 8.86. The Kier molecular flexibility index (Phi) is 8.44. The van der Waals surface area contributed by atoms with E-state index in [1.54, 1.807) is 26.3 Å². The summed E-state index contributed by atoms with van der Waals surface area (Å²) in [4.78, 5) is 44.2. The fourth-order valence-electron chi connectivity index (χ4n) is 6.33. The van der Waals surface area contributed by atoms with Crippen LogP contribution in [-0.2, 0) is 14.3 Å². The fraction of sp³-hybridized carbons (Fsp3) is 0.500. The van der Waals surface area contributed by atoms with E-state index in [0.717, 1.165) is 18.4 Å². The zero-order chi connectivity index (χ0) is 28.4. The highest BCUT2D eigenvalue weighted by Gasteiger charge is 2.56. The van der Waals surface area contributed by atoms with Crippen LogP contribution in [0.3, 0.4) is 0 Å². The second-order valence-electron chi connectivity index (χ2n) is 11.0.